The third-order valence-electron chi connectivity index (χ3n) is 4.98. The van der Waals surface area contributed by atoms with E-state index in [4.69, 9.17) is 5.73 Å². The Morgan fingerprint density at radius 3 is 2.54 bits per heavy atom. The van der Waals surface area contributed by atoms with Crippen LogP contribution in [0, 0.1) is 5.41 Å². The fourth-order valence-electron chi connectivity index (χ4n) is 3.88. The number of amides is 2. The molecule has 24 heavy (non-hydrogen) atoms. The van der Waals surface area contributed by atoms with Crippen LogP contribution in [0.25, 0.3) is 0 Å². The van der Waals surface area contributed by atoms with E-state index >= 15 is 0 Å². The maximum absolute atomic E-state index is 12.2. The molecule has 3 rings (SSSR count). The number of hydrogen-bond acceptors (Lipinski definition) is 3. The van der Waals surface area contributed by atoms with Crippen molar-refractivity contribution in [3.8, 4) is 0 Å². The number of benzene rings is 1. The molecule has 0 aliphatic carbocycles. The standard InChI is InChI=1S/C18H25N3O3/c1-18(2,3)15-13-5-4-12(20-9-7-14(19)16(20)22)10-11(13)6-8-21(15)17(23)24/h4-5,10,14-15H,6-9,19H2,1-3H3,(H,23,24)/t14-,15?/m0/s1. The predicted molar refractivity (Wildman–Crippen MR) is 92.0 cm³/mol. The van der Waals surface area contributed by atoms with Crippen LogP contribution < -0.4 is 10.6 Å². The Morgan fingerprint density at radius 1 is 1.29 bits per heavy atom. The molecule has 1 unspecified atom stereocenters. The van der Waals surface area contributed by atoms with E-state index in [9.17, 15) is 14.7 Å². The Hall–Kier alpha value is -2.08. The Labute approximate surface area is 142 Å². The van der Waals surface area contributed by atoms with Gasteiger partial charge in [0, 0.05) is 18.8 Å². The Balaban J connectivity index is 1.99. The third-order valence-corrected chi connectivity index (χ3v) is 4.98. The van der Waals surface area contributed by atoms with Gasteiger partial charge >= 0.3 is 6.09 Å². The summed E-state index contributed by atoms with van der Waals surface area (Å²) in [5.74, 6) is -0.0368. The molecule has 0 saturated carbocycles. The molecule has 6 heteroatoms. The lowest BCUT2D eigenvalue weighted by molar-refractivity contribution is -0.118. The van der Waals surface area contributed by atoms with Gasteiger partial charge in [0.25, 0.3) is 0 Å². The molecule has 2 aliphatic heterocycles. The zero-order valence-corrected chi connectivity index (χ0v) is 14.5. The molecule has 1 aromatic carbocycles. The number of hydrogen-bond donors (Lipinski definition) is 2. The minimum absolute atomic E-state index is 0.0368. The molecule has 0 spiro atoms. The second-order valence-electron chi connectivity index (χ2n) is 7.76. The van der Waals surface area contributed by atoms with Crippen molar-refractivity contribution in [2.75, 3.05) is 18.0 Å². The highest BCUT2D eigenvalue weighted by atomic mass is 16.4. The van der Waals surface area contributed by atoms with Crippen LogP contribution in [-0.2, 0) is 11.2 Å². The van der Waals surface area contributed by atoms with Gasteiger partial charge in [0.05, 0.1) is 12.1 Å². The lowest BCUT2D eigenvalue weighted by atomic mass is 9.77. The van der Waals surface area contributed by atoms with E-state index in [2.05, 4.69) is 20.8 Å². The van der Waals surface area contributed by atoms with Crippen LogP contribution in [0.5, 0.6) is 0 Å². The first-order valence-corrected chi connectivity index (χ1v) is 8.39. The summed E-state index contributed by atoms with van der Waals surface area (Å²) in [5, 5.41) is 9.55. The van der Waals surface area contributed by atoms with Crippen LogP contribution in [0.1, 0.15) is 44.4 Å². The quantitative estimate of drug-likeness (QED) is 0.827. The molecule has 0 bridgehead atoms. The number of nitrogens with zero attached hydrogens (tertiary/aromatic N) is 2. The zero-order valence-electron chi connectivity index (χ0n) is 14.5. The highest BCUT2D eigenvalue weighted by Gasteiger charge is 2.39. The molecular weight excluding hydrogens is 306 g/mol. The summed E-state index contributed by atoms with van der Waals surface area (Å²) in [6, 6.07) is 5.32. The van der Waals surface area contributed by atoms with Crippen LogP contribution >= 0.6 is 0 Å². The number of anilines is 1. The Bertz CT molecular complexity index is 681. The first-order chi connectivity index (χ1) is 11.2. The van der Waals surface area contributed by atoms with Gasteiger partial charge in [0.15, 0.2) is 0 Å². The van der Waals surface area contributed by atoms with Crippen LogP contribution in [0.3, 0.4) is 0 Å². The third kappa shape index (κ3) is 2.75. The number of carboxylic acid groups (broad SMARTS) is 1. The lowest BCUT2D eigenvalue weighted by Crippen LogP contribution is -2.44. The molecule has 2 aliphatic rings. The second-order valence-corrected chi connectivity index (χ2v) is 7.76. The van der Waals surface area contributed by atoms with Crippen LogP contribution in [0.2, 0.25) is 0 Å². The molecule has 2 amide bonds. The summed E-state index contributed by atoms with van der Waals surface area (Å²) >= 11 is 0. The maximum atomic E-state index is 12.2. The number of nitrogens with two attached hydrogens (primary N) is 1. The first-order valence-electron chi connectivity index (χ1n) is 8.39. The maximum Gasteiger partial charge on any atom is 0.407 e. The minimum atomic E-state index is -0.884. The summed E-state index contributed by atoms with van der Waals surface area (Å²) in [6.45, 7) is 7.28. The number of fused-ring (bicyclic) bond motifs is 1. The summed E-state index contributed by atoms with van der Waals surface area (Å²) in [5.41, 5.74) is 8.63. The monoisotopic (exact) mass is 331 g/mol. The van der Waals surface area contributed by atoms with Gasteiger partial charge in [-0.2, -0.15) is 0 Å². The van der Waals surface area contributed by atoms with E-state index in [0.717, 1.165) is 16.8 Å². The van der Waals surface area contributed by atoms with E-state index in [1.807, 2.05) is 18.2 Å². The predicted octanol–water partition coefficient (Wildman–Crippen LogP) is 2.37. The van der Waals surface area contributed by atoms with Crippen molar-refractivity contribution in [2.24, 2.45) is 11.1 Å². The molecule has 1 fully saturated rings. The highest BCUT2D eigenvalue weighted by molar-refractivity contribution is 5.99. The minimum Gasteiger partial charge on any atom is -0.465 e. The van der Waals surface area contributed by atoms with E-state index in [1.54, 1.807) is 4.90 Å². The average Bonchev–Trinajstić information content (AvgIpc) is 2.84. The van der Waals surface area contributed by atoms with Crippen molar-refractivity contribution in [3.63, 3.8) is 0 Å². The molecule has 0 aromatic heterocycles. The topological polar surface area (TPSA) is 86.9 Å². The van der Waals surface area contributed by atoms with Gasteiger partial charge in [-0.15, -0.1) is 0 Å². The molecular formula is C18H25N3O3. The van der Waals surface area contributed by atoms with Crippen molar-refractivity contribution in [2.45, 2.75) is 45.7 Å². The summed E-state index contributed by atoms with van der Waals surface area (Å²) in [6.07, 6.45) is 0.453. The first kappa shape index (κ1) is 16.8. The van der Waals surface area contributed by atoms with Gasteiger partial charge in [0.1, 0.15) is 0 Å². The molecule has 1 saturated heterocycles. The van der Waals surface area contributed by atoms with E-state index in [1.165, 1.54) is 4.90 Å². The van der Waals surface area contributed by atoms with E-state index < -0.39 is 12.1 Å². The second kappa shape index (κ2) is 5.77. The number of carbonyl (C=O) groups is 2. The molecule has 6 nitrogen and oxygen atoms in total. The molecule has 0 radical (unpaired) electrons. The van der Waals surface area contributed by atoms with Gasteiger partial charge in [-0.1, -0.05) is 26.8 Å². The molecule has 3 N–H and O–H groups in total. The highest BCUT2D eigenvalue weighted by Crippen LogP contribution is 2.43. The largest absolute Gasteiger partial charge is 0.465 e. The zero-order chi connectivity index (χ0) is 17.6. The SMILES string of the molecule is CC(C)(C)C1c2ccc(N3CC[C@H](N)C3=O)cc2CCN1C(=O)O. The van der Waals surface area contributed by atoms with Crippen molar-refractivity contribution < 1.29 is 14.7 Å². The summed E-state index contributed by atoms with van der Waals surface area (Å²) < 4.78 is 0. The molecule has 130 valence electrons. The molecule has 2 atom stereocenters. The normalized spacial score (nSPS) is 24.2. The van der Waals surface area contributed by atoms with Crippen molar-refractivity contribution in [1.29, 1.82) is 0 Å². The molecule has 1 aromatic rings. The van der Waals surface area contributed by atoms with Gasteiger partial charge in [-0.25, -0.2) is 4.79 Å². The number of carbonyl (C=O) groups excluding carboxylic acids is 1. The summed E-state index contributed by atoms with van der Waals surface area (Å²) in [7, 11) is 0. The van der Waals surface area contributed by atoms with Crippen LogP contribution in [-0.4, -0.2) is 41.1 Å². The molecule has 2 heterocycles. The fourth-order valence-corrected chi connectivity index (χ4v) is 3.88. The fraction of sp³-hybridized carbons (Fsp3) is 0.556. The van der Waals surface area contributed by atoms with Crippen molar-refractivity contribution >= 4 is 17.7 Å². The van der Waals surface area contributed by atoms with Gasteiger partial charge in [-0.05, 0) is 41.5 Å². The van der Waals surface area contributed by atoms with E-state index in [-0.39, 0.29) is 17.4 Å². The van der Waals surface area contributed by atoms with Crippen LogP contribution in [0.15, 0.2) is 18.2 Å². The van der Waals surface area contributed by atoms with Gasteiger partial charge in [-0.3, -0.25) is 4.79 Å². The average molecular weight is 331 g/mol. The summed E-state index contributed by atoms with van der Waals surface area (Å²) in [4.78, 5) is 27.1. The van der Waals surface area contributed by atoms with E-state index in [0.29, 0.717) is 25.9 Å². The van der Waals surface area contributed by atoms with Gasteiger partial charge in [0.2, 0.25) is 5.91 Å². The van der Waals surface area contributed by atoms with Crippen molar-refractivity contribution in [3.05, 3.63) is 29.3 Å². The Morgan fingerprint density at radius 2 is 2.00 bits per heavy atom. The lowest BCUT2D eigenvalue weighted by Gasteiger charge is -2.43. The number of rotatable bonds is 1. The van der Waals surface area contributed by atoms with Gasteiger partial charge < -0.3 is 20.6 Å². The smallest absolute Gasteiger partial charge is 0.407 e. The Kier molecular flexibility index (Phi) is 4.03. The van der Waals surface area contributed by atoms with Crippen molar-refractivity contribution in [1.82, 2.24) is 4.90 Å². The van der Waals surface area contributed by atoms with Crippen LogP contribution in [0.4, 0.5) is 10.5 Å².